The highest BCUT2D eigenvalue weighted by Crippen LogP contribution is 2.07. The van der Waals surface area contributed by atoms with E-state index in [0.29, 0.717) is 6.54 Å². The second-order valence-electron chi connectivity index (χ2n) is 2.57. The molecule has 0 amide bonds. The standard InChI is InChI=1S/C6H14N2O4/c1-2-4-8(12)5-3-6(9,10)7-11/h9-10,12H,2-5H2,1H3. The molecule has 0 aliphatic rings. The van der Waals surface area contributed by atoms with Gasteiger partial charge in [0, 0.05) is 19.5 Å². The highest BCUT2D eigenvalue weighted by molar-refractivity contribution is 4.60. The second-order valence-corrected chi connectivity index (χ2v) is 2.57. The number of hydroxylamine groups is 2. The van der Waals surface area contributed by atoms with E-state index in [0.717, 1.165) is 11.5 Å². The molecule has 0 bridgehead atoms. The zero-order valence-electron chi connectivity index (χ0n) is 6.97. The second kappa shape index (κ2) is 5.15. The molecule has 0 unspecified atom stereocenters. The van der Waals surface area contributed by atoms with Gasteiger partial charge in [-0.3, -0.25) is 0 Å². The molecule has 6 nitrogen and oxygen atoms in total. The minimum Gasteiger partial charge on any atom is -0.345 e. The summed E-state index contributed by atoms with van der Waals surface area (Å²) < 4.78 is 0. The van der Waals surface area contributed by atoms with Gasteiger partial charge in [0.1, 0.15) is 0 Å². The van der Waals surface area contributed by atoms with Crippen LogP contribution in [0.3, 0.4) is 0 Å². The van der Waals surface area contributed by atoms with Crippen molar-refractivity contribution in [2.75, 3.05) is 13.1 Å². The highest BCUT2D eigenvalue weighted by atomic mass is 16.5. The van der Waals surface area contributed by atoms with Crippen molar-refractivity contribution >= 4 is 0 Å². The summed E-state index contributed by atoms with van der Waals surface area (Å²) in [7, 11) is 0. The first-order valence-electron chi connectivity index (χ1n) is 3.75. The lowest BCUT2D eigenvalue weighted by Gasteiger charge is -2.17. The van der Waals surface area contributed by atoms with E-state index in [-0.39, 0.29) is 13.0 Å². The summed E-state index contributed by atoms with van der Waals surface area (Å²) in [5.74, 6) is -2.56. The van der Waals surface area contributed by atoms with Crippen molar-refractivity contribution in [2.24, 2.45) is 5.18 Å². The van der Waals surface area contributed by atoms with Crippen molar-refractivity contribution < 1.29 is 15.4 Å². The van der Waals surface area contributed by atoms with E-state index >= 15 is 0 Å². The molecule has 0 aliphatic heterocycles. The largest absolute Gasteiger partial charge is 0.345 e. The van der Waals surface area contributed by atoms with Crippen LogP contribution in [0.4, 0.5) is 0 Å². The predicted molar refractivity (Wildman–Crippen MR) is 41.2 cm³/mol. The van der Waals surface area contributed by atoms with Gasteiger partial charge in [0.25, 0.3) is 0 Å². The first-order chi connectivity index (χ1) is 5.52. The number of nitroso groups, excluding NO2 is 1. The van der Waals surface area contributed by atoms with Gasteiger partial charge in [0.15, 0.2) is 0 Å². The van der Waals surface area contributed by atoms with Crippen molar-refractivity contribution in [2.45, 2.75) is 25.7 Å². The molecular formula is C6H14N2O4. The summed E-state index contributed by atoms with van der Waals surface area (Å²) in [6.45, 7) is 2.30. The zero-order chi connectivity index (χ0) is 9.61. The minimum atomic E-state index is -2.56. The van der Waals surface area contributed by atoms with Gasteiger partial charge in [-0.25, -0.2) is 0 Å². The maximum absolute atomic E-state index is 9.75. The Bertz CT molecular complexity index is 140. The lowest BCUT2D eigenvalue weighted by atomic mass is 10.3. The van der Waals surface area contributed by atoms with Crippen molar-refractivity contribution in [1.82, 2.24) is 5.06 Å². The van der Waals surface area contributed by atoms with E-state index in [9.17, 15) is 4.91 Å². The van der Waals surface area contributed by atoms with Gasteiger partial charge in [0.2, 0.25) is 0 Å². The van der Waals surface area contributed by atoms with E-state index < -0.39 is 5.91 Å². The molecule has 0 aromatic heterocycles. The van der Waals surface area contributed by atoms with Crippen LogP contribution in [-0.4, -0.2) is 39.5 Å². The molecule has 0 aromatic rings. The summed E-state index contributed by atoms with van der Waals surface area (Å²) >= 11 is 0. The maximum Gasteiger partial charge on any atom is 0.304 e. The van der Waals surface area contributed by atoms with Gasteiger partial charge in [0.05, 0.1) is 0 Å². The maximum atomic E-state index is 9.75. The van der Waals surface area contributed by atoms with Crippen LogP contribution in [0.5, 0.6) is 0 Å². The fourth-order valence-electron chi connectivity index (χ4n) is 0.695. The van der Waals surface area contributed by atoms with Crippen LogP contribution in [-0.2, 0) is 0 Å². The van der Waals surface area contributed by atoms with Gasteiger partial charge < -0.3 is 15.4 Å². The molecule has 0 heterocycles. The van der Waals surface area contributed by atoms with Crippen molar-refractivity contribution in [3.8, 4) is 0 Å². The molecule has 6 heteroatoms. The van der Waals surface area contributed by atoms with Crippen LogP contribution in [0.15, 0.2) is 5.18 Å². The Labute approximate surface area is 70.4 Å². The fourth-order valence-corrected chi connectivity index (χ4v) is 0.695. The Morgan fingerprint density at radius 2 is 2.00 bits per heavy atom. The third-order valence-corrected chi connectivity index (χ3v) is 1.33. The molecule has 0 rings (SSSR count). The molecule has 0 atom stereocenters. The molecule has 72 valence electrons. The minimum absolute atomic E-state index is 0.00653. The third kappa shape index (κ3) is 5.14. The summed E-state index contributed by atoms with van der Waals surface area (Å²) in [5.41, 5.74) is 0. The first-order valence-corrected chi connectivity index (χ1v) is 3.75. The molecule has 0 aliphatic carbocycles. The smallest absolute Gasteiger partial charge is 0.304 e. The van der Waals surface area contributed by atoms with Gasteiger partial charge >= 0.3 is 5.91 Å². The lowest BCUT2D eigenvalue weighted by Crippen LogP contribution is -2.32. The number of aliphatic hydroxyl groups is 2. The summed E-state index contributed by atoms with van der Waals surface area (Å²) in [5, 5.41) is 29.3. The Hall–Kier alpha value is -0.560. The molecule has 0 saturated carbocycles. The Kier molecular flexibility index (Phi) is 4.91. The van der Waals surface area contributed by atoms with E-state index in [1.165, 1.54) is 0 Å². The zero-order valence-corrected chi connectivity index (χ0v) is 6.97. The average molecular weight is 178 g/mol. The lowest BCUT2D eigenvalue weighted by molar-refractivity contribution is -0.180. The van der Waals surface area contributed by atoms with E-state index in [1.54, 1.807) is 0 Å². The van der Waals surface area contributed by atoms with Crippen molar-refractivity contribution in [3.05, 3.63) is 4.91 Å². The van der Waals surface area contributed by atoms with Crippen LogP contribution in [0, 0.1) is 4.91 Å². The number of nitrogens with zero attached hydrogens (tertiary/aromatic N) is 2. The SMILES string of the molecule is CCCN(O)CCC(O)(O)N=O. The van der Waals surface area contributed by atoms with Gasteiger partial charge in [-0.2, -0.15) is 5.06 Å². The number of rotatable bonds is 6. The van der Waals surface area contributed by atoms with Gasteiger partial charge in [-0.1, -0.05) is 6.92 Å². The fraction of sp³-hybridized carbons (Fsp3) is 1.00. The molecule has 0 saturated heterocycles. The Morgan fingerprint density at radius 1 is 1.42 bits per heavy atom. The van der Waals surface area contributed by atoms with Crippen LogP contribution in [0.2, 0.25) is 0 Å². The molecule has 0 radical (unpaired) electrons. The van der Waals surface area contributed by atoms with Crippen molar-refractivity contribution in [3.63, 3.8) is 0 Å². The molecule has 0 aromatic carbocycles. The third-order valence-electron chi connectivity index (χ3n) is 1.33. The quantitative estimate of drug-likeness (QED) is 0.299. The summed E-state index contributed by atoms with van der Waals surface area (Å²) in [6.07, 6.45) is 0.446. The topological polar surface area (TPSA) is 93.4 Å². The Balaban J connectivity index is 3.59. The van der Waals surface area contributed by atoms with Gasteiger partial charge in [-0.15, -0.1) is 4.91 Å². The molecule has 0 fully saturated rings. The number of hydrogen-bond acceptors (Lipinski definition) is 6. The van der Waals surface area contributed by atoms with Crippen molar-refractivity contribution in [1.29, 1.82) is 0 Å². The van der Waals surface area contributed by atoms with E-state index in [1.807, 2.05) is 6.92 Å². The van der Waals surface area contributed by atoms with Crippen LogP contribution in [0.25, 0.3) is 0 Å². The normalized spacial score (nSPS) is 12.1. The summed E-state index contributed by atoms with van der Waals surface area (Å²) in [4.78, 5) is 9.75. The van der Waals surface area contributed by atoms with Gasteiger partial charge in [-0.05, 0) is 11.6 Å². The molecule has 3 N–H and O–H groups in total. The monoisotopic (exact) mass is 178 g/mol. The molecule has 12 heavy (non-hydrogen) atoms. The van der Waals surface area contributed by atoms with E-state index in [2.05, 4.69) is 5.18 Å². The first kappa shape index (κ1) is 11.4. The average Bonchev–Trinajstić information content (AvgIpc) is 2.02. The van der Waals surface area contributed by atoms with Crippen LogP contribution < -0.4 is 0 Å². The predicted octanol–water partition coefficient (Wildman–Crippen LogP) is -0.117. The highest BCUT2D eigenvalue weighted by Gasteiger charge is 2.24. The summed E-state index contributed by atoms with van der Waals surface area (Å²) in [6, 6.07) is 0. The van der Waals surface area contributed by atoms with Crippen LogP contribution >= 0.6 is 0 Å². The number of hydrogen-bond donors (Lipinski definition) is 3. The Morgan fingerprint density at radius 3 is 2.42 bits per heavy atom. The van der Waals surface area contributed by atoms with Crippen LogP contribution in [0.1, 0.15) is 19.8 Å². The van der Waals surface area contributed by atoms with E-state index in [4.69, 9.17) is 15.4 Å². The molecular weight excluding hydrogens is 164 g/mol. The molecule has 0 spiro atoms.